The first-order chi connectivity index (χ1) is 10.9. The van der Waals surface area contributed by atoms with Crippen molar-refractivity contribution in [2.75, 3.05) is 0 Å². The fourth-order valence-electron chi connectivity index (χ4n) is 3.81. The van der Waals surface area contributed by atoms with Crippen molar-refractivity contribution >= 4 is 19.3 Å². The molecule has 5 rings (SSSR count). The maximum absolute atomic E-state index is 2.58. The molecule has 24 heavy (non-hydrogen) atoms. The summed E-state index contributed by atoms with van der Waals surface area (Å²) < 4.78 is 2.20. The summed E-state index contributed by atoms with van der Waals surface area (Å²) in [5.74, 6) is 0. The molecule has 1 aliphatic heterocycles. The van der Waals surface area contributed by atoms with Crippen molar-refractivity contribution in [2.24, 2.45) is 0 Å². The van der Waals surface area contributed by atoms with Crippen molar-refractivity contribution in [1.29, 1.82) is 0 Å². The first kappa shape index (κ1) is 17.6. The Kier molecular flexibility index (Phi) is 4.87. The monoisotopic (exact) mass is 414 g/mol. The zero-order valence-electron chi connectivity index (χ0n) is 12.9. The Morgan fingerprint density at radius 1 is 0.875 bits per heavy atom. The van der Waals surface area contributed by atoms with Crippen molar-refractivity contribution in [3.8, 4) is 0 Å². The molecule has 4 heteroatoms. The van der Waals surface area contributed by atoms with Crippen LogP contribution < -0.4 is 14.7 Å². The third kappa shape index (κ3) is 2.37. The minimum absolute atomic E-state index is 0. The topological polar surface area (TPSA) is 0 Å². The van der Waals surface area contributed by atoms with Gasteiger partial charge in [0.05, 0.1) is 0 Å². The van der Waals surface area contributed by atoms with Gasteiger partial charge in [-0.15, -0.1) is 0 Å². The van der Waals surface area contributed by atoms with E-state index in [-0.39, 0.29) is 17.3 Å². The van der Waals surface area contributed by atoms with Crippen LogP contribution in [-0.2, 0) is 26.1 Å². The normalized spacial score (nSPS) is 24.8. The summed E-state index contributed by atoms with van der Waals surface area (Å²) in [6.07, 6.45) is 11.0. The second kappa shape index (κ2) is 6.62. The Morgan fingerprint density at radius 3 is 2.46 bits per heavy atom. The summed E-state index contributed by atoms with van der Waals surface area (Å²) in [6, 6.07) is 20.3. The van der Waals surface area contributed by atoms with E-state index in [2.05, 4.69) is 78.9 Å². The fraction of sp³-hybridized carbons (Fsp3) is 0.100. The SMILES string of the molecule is C1=CC2=[C](C1)[Zr+2][C]1(C=Cc3ccccc31)P2c1ccccc1.[F-].[F-]. The minimum Gasteiger partial charge on any atom is -1.00 e. The van der Waals surface area contributed by atoms with Gasteiger partial charge in [0.1, 0.15) is 0 Å². The van der Waals surface area contributed by atoms with E-state index in [0.29, 0.717) is 2.86 Å². The van der Waals surface area contributed by atoms with E-state index in [9.17, 15) is 0 Å². The molecule has 2 aliphatic carbocycles. The molecule has 0 N–H and O–H groups in total. The predicted octanol–water partition coefficient (Wildman–Crippen LogP) is -1.05. The number of allylic oxidation sites excluding steroid dienone is 5. The number of hydrogen-bond donors (Lipinski definition) is 0. The summed E-state index contributed by atoms with van der Waals surface area (Å²) in [6.45, 7) is 0. The molecule has 118 valence electrons. The van der Waals surface area contributed by atoms with Crippen molar-refractivity contribution < 1.29 is 32.6 Å². The van der Waals surface area contributed by atoms with Gasteiger partial charge in [-0.3, -0.25) is 0 Å². The van der Waals surface area contributed by atoms with Gasteiger partial charge in [0.25, 0.3) is 0 Å². The van der Waals surface area contributed by atoms with Crippen LogP contribution in [0.2, 0.25) is 0 Å². The van der Waals surface area contributed by atoms with Crippen LogP contribution in [-0.4, -0.2) is 0 Å². The second-order valence-corrected chi connectivity index (χ2v) is 13.4. The van der Waals surface area contributed by atoms with E-state index in [4.69, 9.17) is 0 Å². The summed E-state index contributed by atoms with van der Waals surface area (Å²) in [5.41, 5.74) is 3.07. The van der Waals surface area contributed by atoms with Gasteiger partial charge in [0.2, 0.25) is 0 Å². The van der Waals surface area contributed by atoms with Crippen molar-refractivity contribution in [1.82, 2.24) is 0 Å². The van der Waals surface area contributed by atoms with Crippen LogP contribution in [0, 0.1) is 0 Å². The Hall–Kier alpha value is -1.17. The predicted molar refractivity (Wildman–Crippen MR) is 90.9 cm³/mol. The second-order valence-electron chi connectivity index (χ2n) is 5.95. The molecule has 0 saturated carbocycles. The van der Waals surface area contributed by atoms with Crippen LogP contribution in [0.4, 0.5) is 0 Å². The van der Waals surface area contributed by atoms with E-state index in [1.165, 1.54) is 12.0 Å². The standard InChI is InChI=1S/C20H15P.2FH.Zr/c1-2-9-17(10-3-1)21(18-11-5-6-12-18)20-15-14-16-8-4-7-13-19(16)20;;;/h1-5,7-11,13-15H,6H2;2*1H;/q;;;+2/p-2. The summed E-state index contributed by atoms with van der Waals surface area (Å²) >= 11 is -0.634. The van der Waals surface area contributed by atoms with Crippen LogP contribution in [0.1, 0.15) is 17.5 Å². The third-order valence-corrected chi connectivity index (χ3v) is 14.3. The molecule has 2 aromatic carbocycles. The Labute approximate surface area is 153 Å². The van der Waals surface area contributed by atoms with Gasteiger partial charge >= 0.3 is 144 Å². The Morgan fingerprint density at radius 2 is 1.62 bits per heavy atom. The van der Waals surface area contributed by atoms with Crippen LogP contribution >= 0.6 is 7.92 Å². The van der Waals surface area contributed by atoms with Crippen molar-refractivity contribution in [2.45, 2.75) is 9.28 Å². The number of hydrogen-bond acceptors (Lipinski definition) is 0. The first-order valence-corrected chi connectivity index (χ1v) is 11.5. The molecule has 0 saturated heterocycles. The quantitative estimate of drug-likeness (QED) is 0.522. The summed E-state index contributed by atoms with van der Waals surface area (Å²) in [4.78, 5) is 0. The first-order valence-electron chi connectivity index (χ1n) is 7.70. The van der Waals surface area contributed by atoms with Crippen LogP contribution in [0.3, 0.4) is 0 Å². The minimum atomic E-state index is -0.634. The van der Waals surface area contributed by atoms with Gasteiger partial charge in [-0.1, -0.05) is 0 Å². The zero-order valence-corrected chi connectivity index (χ0v) is 16.3. The smallest absolute Gasteiger partial charge is 1.00 e. The van der Waals surface area contributed by atoms with E-state index in [1.807, 2.05) is 3.28 Å². The van der Waals surface area contributed by atoms with E-state index >= 15 is 0 Å². The number of rotatable bonds is 1. The molecule has 2 unspecified atom stereocenters. The third-order valence-electron chi connectivity index (χ3n) is 4.73. The molecular weight excluding hydrogens is 400 g/mol. The average Bonchev–Trinajstić information content (AvgIpc) is 3.23. The Balaban J connectivity index is 0.000000845. The molecule has 0 aromatic heterocycles. The molecule has 0 bridgehead atoms. The van der Waals surface area contributed by atoms with E-state index in [0.717, 1.165) is 0 Å². The van der Waals surface area contributed by atoms with Gasteiger partial charge in [0.15, 0.2) is 0 Å². The average molecular weight is 416 g/mol. The molecule has 1 heterocycles. The maximum Gasteiger partial charge on any atom is -1.00 e. The molecule has 1 spiro atoms. The number of benzene rings is 2. The molecule has 3 aliphatic rings. The van der Waals surface area contributed by atoms with Crippen molar-refractivity contribution in [3.05, 3.63) is 92.5 Å². The van der Waals surface area contributed by atoms with Crippen LogP contribution in [0.25, 0.3) is 6.08 Å². The molecular formula is C20H15F2PZr. The summed E-state index contributed by atoms with van der Waals surface area (Å²) in [5, 5.41) is 3.26. The van der Waals surface area contributed by atoms with Gasteiger partial charge in [0, 0.05) is 0 Å². The molecule has 0 amide bonds. The fourth-order valence-corrected chi connectivity index (χ4v) is 14.8. The Bertz CT molecular complexity index is 857. The van der Waals surface area contributed by atoms with E-state index < -0.39 is 23.2 Å². The van der Waals surface area contributed by atoms with Gasteiger partial charge in [-0.2, -0.15) is 0 Å². The molecule has 0 radical (unpaired) electrons. The van der Waals surface area contributed by atoms with Gasteiger partial charge in [-0.25, -0.2) is 0 Å². The zero-order chi connectivity index (χ0) is 14.6. The number of halogens is 2. The van der Waals surface area contributed by atoms with Crippen LogP contribution in [0.15, 0.2) is 81.4 Å². The van der Waals surface area contributed by atoms with Crippen molar-refractivity contribution in [3.63, 3.8) is 0 Å². The molecule has 2 atom stereocenters. The summed E-state index contributed by atoms with van der Waals surface area (Å²) in [7, 11) is -0.271. The maximum atomic E-state index is 2.58. The molecule has 2 aromatic rings. The van der Waals surface area contributed by atoms with Gasteiger partial charge < -0.3 is 9.41 Å². The van der Waals surface area contributed by atoms with E-state index in [1.54, 1.807) is 16.2 Å². The van der Waals surface area contributed by atoms with Gasteiger partial charge in [-0.05, 0) is 0 Å². The molecule has 0 nitrogen and oxygen atoms in total. The largest absolute Gasteiger partial charge is 1.00 e. The molecule has 0 fully saturated rings. The van der Waals surface area contributed by atoms with Crippen LogP contribution in [0.5, 0.6) is 0 Å². The number of fused-ring (bicyclic) bond motifs is 2.